The van der Waals surface area contributed by atoms with E-state index in [4.69, 9.17) is 9.47 Å². The van der Waals surface area contributed by atoms with Gasteiger partial charge in [-0.05, 0) is 43.0 Å². The summed E-state index contributed by atoms with van der Waals surface area (Å²) in [6, 6.07) is 14.9. The molecule has 0 unspecified atom stereocenters. The molecule has 0 saturated carbocycles. The minimum absolute atomic E-state index is 0.207. The summed E-state index contributed by atoms with van der Waals surface area (Å²) in [5, 5.41) is 0. The summed E-state index contributed by atoms with van der Waals surface area (Å²) in [7, 11) is 1.57. The quantitative estimate of drug-likeness (QED) is 0.506. The van der Waals surface area contributed by atoms with Gasteiger partial charge in [0.2, 0.25) is 0 Å². The van der Waals surface area contributed by atoms with E-state index >= 15 is 0 Å². The highest BCUT2D eigenvalue weighted by Gasteiger charge is 2.34. The van der Waals surface area contributed by atoms with E-state index in [-0.39, 0.29) is 12.2 Å². The molecule has 4 rings (SSSR count). The maximum atomic E-state index is 13.7. The number of nitrogens with zero attached hydrogens (tertiary/aromatic N) is 2. The monoisotopic (exact) mass is 476 g/mol. The maximum Gasteiger partial charge on any atom is 0.338 e. The first kappa shape index (κ1) is 23.7. The van der Waals surface area contributed by atoms with Crippen molar-refractivity contribution in [2.24, 2.45) is 4.99 Å². The Morgan fingerprint density at radius 1 is 1.18 bits per heavy atom. The number of fused-ring (bicyclic) bond motifs is 1. The van der Waals surface area contributed by atoms with Gasteiger partial charge in [0.15, 0.2) is 4.80 Å². The third-order valence-electron chi connectivity index (χ3n) is 5.85. The number of hydrogen-bond acceptors (Lipinski definition) is 6. The fraction of sp³-hybridized carbons (Fsp3) is 0.296. The van der Waals surface area contributed by atoms with Gasteiger partial charge >= 0.3 is 5.97 Å². The molecular weight excluding hydrogens is 448 g/mol. The highest BCUT2D eigenvalue weighted by atomic mass is 32.1. The van der Waals surface area contributed by atoms with Crippen molar-refractivity contribution in [1.82, 2.24) is 4.57 Å². The van der Waals surface area contributed by atoms with Crippen LogP contribution in [0.5, 0.6) is 5.75 Å². The maximum absolute atomic E-state index is 13.7. The van der Waals surface area contributed by atoms with Crippen LogP contribution in [0.3, 0.4) is 0 Å². The van der Waals surface area contributed by atoms with Crippen LogP contribution in [0, 0.1) is 0 Å². The minimum Gasteiger partial charge on any atom is -0.496 e. The van der Waals surface area contributed by atoms with E-state index in [9.17, 15) is 9.59 Å². The largest absolute Gasteiger partial charge is 0.496 e. The number of esters is 1. The van der Waals surface area contributed by atoms with Crippen molar-refractivity contribution in [3.05, 3.63) is 96.2 Å². The molecule has 0 N–H and O–H groups in total. The van der Waals surface area contributed by atoms with E-state index in [1.54, 1.807) is 25.5 Å². The van der Waals surface area contributed by atoms with Crippen LogP contribution in [0.4, 0.5) is 0 Å². The van der Waals surface area contributed by atoms with Gasteiger partial charge in [0.1, 0.15) is 11.8 Å². The molecule has 0 spiro atoms. The van der Waals surface area contributed by atoms with Crippen molar-refractivity contribution in [1.29, 1.82) is 0 Å². The van der Waals surface area contributed by atoms with Crippen molar-refractivity contribution < 1.29 is 14.3 Å². The fourth-order valence-corrected chi connectivity index (χ4v) is 5.15. The van der Waals surface area contributed by atoms with Gasteiger partial charge in [-0.3, -0.25) is 9.36 Å². The Kier molecular flexibility index (Phi) is 6.84. The van der Waals surface area contributed by atoms with Crippen molar-refractivity contribution in [3.63, 3.8) is 0 Å². The summed E-state index contributed by atoms with van der Waals surface area (Å²) in [6.07, 6.45) is 1.87. The van der Waals surface area contributed by atoms with Crippen molar-refractivity contribution in [2.45, 2.75) is 39.7 Å². The van der Waals surface area contributed by atoms with Crippen molar-refractivity contribution >= 4 is 23.4 Å². The molecule has 0 amide bonds. The Labute approximate surface area is 202 Å². The highest BCUT2D eigenvalue weighted by Crippen LogP contribution is 2.35. The molecule has 0 bridgehead atoms. The van der Waals surface area contributed by atoms with Gasteiger partial charge in [-0.2, -0.15) is 0 Å². The smallest absolute Gasteiger partial charge is 0.338 e. The predicted molar refractivity (Wildman–Crippen MR) is 134 cm³/mol. The van der Waals surface area contributed by atoms with Gasteiger partial charge in [-0.1, -0.05) is 67.6 Å². The van der Waals surface area contributed by atoms with E-state index < -0.39 is 12.0 Å². The van der Waals surface area contributed by atoms with Crippen LogP contribution in [0.25, 0.3) is 6.08 Å². The minimum atomic E-state index is -0.697. The molecule has 0 saturated heterocycles. The number of carbonyl (C=O) groups is 1. The van der Waals surface area contributed by atoms with Crippen LogP contribution in [-0.4, -0.2) is 24.3 Å². The molecule has 1 aromatic heterocycles. The Bertz CT molecular complexity index is 1430. The zero-order chi connectivity index (χ0) is 24.4. The van der Waals surface area contributed by atoms with Gasteiger partial charge in [0.25, 0.3) is 5.56 Å². The van der Waals surface area contributed by atoms with Gasteiger partial charge in [-0.25, -0.2) is 9.79 Å². The number of benzene rings is 2. The molecule has 0 aliphatic carbocycles. The van der Waals surface area contributed by atoms with E-state index in [0.717, 1.165) is 5.56 Å². The Morgan fingerprint density at radius 3 is 2.53 bits per heavy atom. The fourth-order valence-electron chi connectivity index (χ4n) is 4.11. The second kappa shape index (κ2) is 9.81. The van der Waals surface area contributed by atoms with E-state index in [2.05, 4.69) is 31.0 Å². The molecule has 3 aromatic rings. The second-order valence-corrected chi connectivity index (χ2v) is 9.37. The molecule has 176 valence electrons. The topological polar surface area (TPSA) is 69.9 Å². The van der Waals surface area contributed by atoms with Crippen molar-refractivity contribution in [2.75, 3.05) is 13.7 Å². The number of methoxy groups -OCH3 is 1. The molecular formula is C27H28N2O4S. The van der Waals surface area contributed by atoms with Gasteiger partial charge in [0, 0.05) is 5.56 Å². The highest BCUT2D eigenvalue weighted by molar-refractivity contribution is 7.07. The number of para-hydroxylation sites is 1. The lowest BCUT2D eigenvalue weighted by molar-refractivity contribution is -0.139. The summed E-state index contributed by atoms with van der Waals surface area (Å²) >= 11 is 1.31. The number of carbonyl (C=O) groups excluding carboxylic acids is 1. The zero-order valence-electron chi connectivity index (χ0n) is 20.0. The Balaban J connectivity index is 1.93. The number of allylic oxidation sites excluding steroid dienone is 1. The third kappa shape index (κ3) is 4.35. The van der Waals surface area contributed by atoms with Crippen LogP contribution in [0.15, 0.2) is 69.6 Å². The molecule has 0 radical (unpaired) electrons. The molecule has 7 heteroatoms. The lowest BCUT2D eigenvalue weighted by Crippen LogP contribution is -2.40. The van der Waals surface area contributed by atoms with Crippen LogP contribution in [-0.2, 0) is 9.53 Å². The second-order valence-electron chi connectivity index (χ2n) is 8.37. The number of hydrogen-bond donors (Lipinski definition) is 0. The average molecular weight is 477 g/mol. The lowest BCUT2D eigenvalue weighted by Gasteiger charge is -2.25. The SMILES string of the molecule is CCOC(=O)C1=C(C)N=c2s/c(=C/c3ccc(C(C)C)cc3)c(=O)n2[C@H]1c1ccccc1OC. The van der Waals surface area contributed by atoms with Crippen LogP contribution < -0.4 is 19.6 Å². The normalized spacial score (nSPS) is 15.8. The summed E-state index contributed by atoms with van der Waals surface area (Å²) < 4.78 is 13.1. The molecule has 1 aliphatic rings. The average Bonchev–Trinajstić information content (AvgIpc) is 3.13. The number of aromatic nitrogens is 1. The standard InChI is InChI=1S/C27H28N2O4S/c1-6-33-26(31)23-17(4)28-27-29(24(23)20-9-7-8-10-21(20)32-5)25(30)22(34-27)15-18-11-13-19(14-12-18)16(2)3/h7-16,24H,6H2,1-5H3/b22-15+/t24-/m0/s1. The van der Waals surface area contributed by atoms with Crippen LogP contribution >= 0.6 is 11.3 Å². The number of ether oxygens (including phenoxy) is 2. The van der Waals surface area contributed by atoms with Gasteiger partial charge < -0.3 is 9.47 Å². The van der Waals surface area contributed by atoms with Crippen LogP contribution in [0.1, 0.15) is 56.3 Å². The predicted octanol–water partition coefficient (Wildman–Crippen LogP) is 3.93. The number of thiazole rings is 1. The number of rotatable bonds is 6. The first-order valence-corrected chi connectivity index (χ1v) is 12.1. The third-order valence-corrected chi connectivity index (χ3v) is 6.83. The molecule has 2 aromatic carbocycles. The Hall–Kier alpha value is -3.45. The molecule has 2 heterocycles. The first-order chi connectivity index (χ1) is 16.3. The van der Waals surface area contributed by atoms with Gasteiger partial charge in [-0.15, -0.1) is 0 Å². The van der Waals surface area contributed by atoms with E-state index in [1.165, 1.54) is 16.9 Å². The van der Waals surface area contributed by atoms with Crippen molar-refractivity contribution in [3.8, 4) is 5.75 Å². The molecule has 6 nitrogen and oxygen atoms in total. The summed E-state index contributed by atoms with van der Waals surface area (Å²) in [5.41, 5.74) is 3.54. The molecule has 1 atom stereocenters. The van der Waals surface area contributed by atoms with E-state index in [1.807, 2.05) is 42.5 Å². The molecule has 34 heavy (non-hydrogen) atoms. The summed E-state index contributed by atoms with van der Waals surface area (Å²) in [4.78, 5) is 31.8. The van der Waals surface area contributed by atoms with Gasteiger partial charge in [0.05, 0.1) is 29.5 Å². The molecule has 0 fully saturated rings. The summed E-state index contributed by atoms with van der Waals surface area (Å²) in [5.74, 6) is 0.533. The summed E-state index contributed by atoms with van der Waals surface area (Å²) in [6.45, 7) is 8.05. The first-order valence-electron chi connectivity index (χ1n) is 11.3. The zero-order valence-corrected chi connectivity index (χ0v) is 20.8. The lowest BCUT2D eigenvalue weighted by atomic mass is 9.95. The molecule has 1 aliphatic heterocycles. The van der Waals surface area contributed by atoms with Crippen LogP contribution in [0.2, 0.25) is 0 Å². The van der Waals surface area contributed by atoms with E-state index in [0.29, 0.717) is 37.8 Å². The Morgan fingerprint density at radius 2 is 1.88 bits per heavy atom.